The van der Waals surface area contributed by atoms with E-state index in [2.05, 4.69) is 74.6 Å². The Kier molecular flexibility index (Phi) is 6.63. The molecule has 0 radical (unpaired) electrons. The van der Waals surface area contributed by atoms with Gasteiger partial charge in [-0.2, -0.15) is 0 Å². The third-order valence-electron chi connectivity index (χ3n) is 3.64. The van der Waals surface area contributed by atoms with E-state index in [4.69, 9.17) is 4.74 Å². The van der Waals surface area contributed by atoms with Gasteiger partial charge < -0.3 is 10.1 Å². The smallest absolute Gasteiger partial charge is 0.108 e. The lowest BCUT2D eigenvalue weighted by Gasteiger charge is -2.19. The molecular formula is C20H27NO. The van der Waals surface area contributed by atoms with Crippen LogP contribution in [0.4, 0.5) is 0 Å². The molecule has 118 valence electrons. The lowest BCUT2D eigenvalue weighted by Crippen LogP contribution is -2.24. The van der Waals surface area contributed by atoms with Crippen LogP contribution in [-0.2, 0) is 4.74 Å². The first-order chi connectivity index (χ1) is 10.7. The third-order valence-corrected chi connectivity index (χ3v) is 3.64. The van der Waals surface area contributed by atoms with Crippen LogP contribution in [-0.4, -0.2) is 19.2 Å². The van der Waals surface area contributed by atoms with Gasteiger partial charge in [0.2, 0.25) is 0 Å². The molecule has 0 aliphatic carbocycles. The number of hydrogen-bond donors (Lipinski definition) is 1. The predicted molar refractivity (Wildman–Crippen MR) is 93.2 cm³/mol. The van der Waals surface area contributed by atoms with Crippen LogP contribution in [0.15, 0.2) is 54.6 Å². The topological polar surface area (TPSA) is 21.3 Å². The highest BCUT2D eigenvalue weighted by atomic mass is 16.5. The number of aryl methyl sites for hydroxylation is 1. The van der Waals surface area contributed by atoms with Crippen molar-refractivity contribution < 1.29 is 4.74 Å². The van der Waals surface area contributed by atoms with Crippen molar-refractivity contribution >= 4 is 0 Å². The molecule has 0 aliphatic heterocycles. The Morgan fingerprint density at radius 1 is 0.909 bits per heavy atom. The van der Waals surface area contributed by atoms with Crippen LogP contribution in [0, 0.1) is 6.92 Å². The largest absolute Gasteiger partial charge is 0.369 e. The van der Waals surface area contributed by atoms with Crippen molar-refractivity contribution in [3.05, 3.63) is 71.3 Å². The van der Waals surface area contributed by atoms with E-state index < -0.39 is 0 Å². The first-order valence-electron chi connectivity index (χ1n) is 8.13. The second-order valence-electron chi connectivity index (χ2n) is 6.03. The van der Waals surface area contributed by atoms with Gasteiger partial charge in [-0.25, -0.2) is 0 Å². The van der Waals surface area contributed by atoms with Gasteiger partial charge in [-0.05, 0) is 31.0 Å². The molecule has 2 nitrogen and oxygen atoms in total. The maximum atomic E-state index is 6.20. The highest BCUT2D eigenvalue weighted by Crippen LogP contribution is 2.26. The van der Waals surface area contributed by atoms with Crippen molar-refractivity contribution in [1.82, 2.24) is 5.32 Å². The average Bonchev–Trinajstić information content (AvgIpc) is 2.53. The summed E-state index contributed by atoms with van der Waals surface area (Å²) in [5, 5.41) is 3.43. The van der Waals surface area contributed by atoms with E-state index in [0.29, 0.717) is 6.04 Å². The zero-order valence-corrected chi connectivity index (χ0v) is 13.9. The summed E-state index contributed by atoms with van der Waals surface area (Å²) in [6, 6.07) is 19.6. The summed E-state index contributed by atoms with van der Waals surface area (Å²) >= 11 is 0. The van der Waals surface area contributed by atoms with Crippen LogP contribution in [0.25, 0.3) is 0 Å². The molecule has 0 amide bonds. The van der Waals surface area contributed by atoms with Gasteiger partial charge in [0.15, 0.2) is 0 Å². The van der Waals surface area contributed by atoms with Crippen LogP contribution >= 0.6 is 0 Å². The van der Waals surface area contributed by atoms with Gasteiger partial charge in [-0.15, -0.1) is 0 Å². The highest BCUT2D eigenvalue weighted by Gasteiger charge is 2.14. The van der Waals surface area contributed by atoms with Gasteiger partial charge >= 0.3 is 0 Å². The van der Waals surface area contributed by atoms with Crippen molar-refractivity contribution in [2.45, 2.75) is 39.3 Å². The van der Waals surface area contributed by atoms with E-state index in [1.165, 1.54) is 16.7 Å². The lowest BCUT2D eigenvalue weighted by atomic mass is 10.0. The summed E-state index contributed by atoms with van der Waals surface area (Å²) in [7, 11) is 0. The van der Waals surface area contributed by atoms with Crippen molar-refractivity contribution in [2.24, 2.45) is 0 Å². The van der Waals surface area contributed by atoms with Crippen molar-refractivity contribution in [3.63, 3.8) is 0 Å². The van der Waals surface area contributed by atoms with Crippen LogP contribution in [0.5, 0.6) is 0 Å². The molecule has 0 bridgehead atoms. The molecule has 2 heteroatoms. The third kappa shape index (κ3) is 5.28. The minimum absolute atomic E-state index is 0.0147. The number of hydrogen-bond acceptors (Lipinski definition) is 2. The summed E-state index contributed by atoms with van der Waals surface area (Å²) in [6.45, 7) is 8.19. The van der Waals surface area contributed by atoms with Crippen molar-refractivity contribution in [1.29, 1.82) is 0 Å². The summed E-state index contributed by atoms with van der Waals surface area (Å²) in [4.78, 5) is 0. The van der Waals surface area contributed by atoms with Crippen LogP contribution in [0.1, 0.15) is 43.1 Å². The first-order valence-corrected chi connectivity index (χ1v) is 8.13. The lowest BCUT2D eigenvalue weighted by molar-refractivity contribution is 0.0780. The minimum atomic E-state index is 0.0147. The van der Waals surface area contributed by atoms with E-state index in [9.17, 15) is 0 Å². The Hall–Kier alpha value is -1.64. The zero-order valence-electron chi connectivity index (χ0n) is 13.9. The monoisotopic (exact) mass is 297 g/mol. The Bertz CT molecular complexity index is 533. The van der Waals surface area contributed by atoms with Crippen LogP contribution < -0.4 is 5.32 Å². The molecule has 1 atom stereocenters. The molecular weight excluding hydrogens is 270 g/mol. The maximum Gasteiger partial charge on any atom is 0.108 e. The minimum Gasteiger partial charge on any atom is -0.369 e. The first kappa shape index (κ1) is 16.7. The Labute approximate surface area is 134 Å². The second kappa shape index (κ2) is 8.72. The van der Waals surface area contributed by atoms with E-state index in [1.807, 2.05) is 6.07 Å². The standard InChI is InChI=1S/C20H27NO/c1-16(2)21-14-7-15-22-20(18-8-5-4-6-9-18)19-12-10-17(3)11-13-19/h4-6,8-13,16,20-21H,7,14-15H2,1-3H3/t20-/m0/s1. The molecule has 0 heterocycles. The van der Waals surface area contributed by atoms with Gasteiger partial charge in [-0.1, -0.05) is 74.0 Å². The zero-order chi connectivity index (χ0) is 15.8. The van der Waals surface area contributed by atoms with Crippen molar-refractivity contribution in [3.8, 4) is 0 Å². The summed E-state index contributed by atoms with van der Waals surface area (Å²) in [5.41, 5.74) is 3.70. The second-order valence-corrected chi connectivity index (χ2v) is 6.03. The molecule has 2 aromatic rings. The maximum absolute atomic E-state index is 6.20. The van der Waals surface area contributed by atoms with Gasteiger partial charge in [0.05, 0.1) is 0 Å². The number of rotatable bonds is 8. The number of nitrogens with one attached hydrogen (secondary N) is 1. The van der Waals surface area contributed by atoms with Crippen LogP contribution in [0.3, 0.4) is 0 Å². The Balaban J connectivity index is 2.01. The molecule has 0 unspecified atom stereocenters. The summed E-state index contributed by atoms with van der Waals surface area (Å²) in [5.74, 6) is 0. The number of benzene rings is 2. The Morgan fingerprint density at radius 3 is 2.18 bits per heavy atom. The highest BCUT2D eigenvalue weighted by molar-refractivity contribution is 5.31. The average molecular weight is 297 g/mol. The fraction of sp³-hybridized carbons (Fsp3) is 0.400. The molecule has 0 saturated carbocycles. The van der Waals surface area contributed by atoms with Crippen LogP contribution in [0.2, 0.25) is 0 Å². The van der Waals surface area contributed by atoms with E-state index in [1.54, 1.807) is 0 Å². The quantitative estimate of drug-likeness (QED) is 0.725. The Morgan fingerprint density at radius 2 is 1.55 bits per heavy atom. The summed E-state index contributed by atoms with van der Waals surface area (Å²) in [6.07, 6.45) is 1.04. The normalized spacial score (nSPS) is 12.5. The fourth-order valence-electron chi connectivity index (χ4n) is 2.42. The molecule has 2 rings (SSSR count). The van der Waals surface area contributed by atoms with Gasteiger partial charge in [0, 0.05) is 12.6 Å². The molecule has 22 heavy (non-hydrogen) atoms. The molecule has 0 spiro atoms. The van der Waals surface area contributed by atoms with E-state index in [-0.39, 0.29) is 6.10 Å². The summed E-state index contributed by atoms with van der Waals surface area (Å²) < 4.78 is 6.20. The molecule has 0 saturated heterocycles. The van der Waals surface area contributed by atoms with Gasteiger partial charge in [-0.3, -0.25) is 0 Å². The molecule has 0 fully saturated rings. The van der Waals surface area contributed by atoms with Gasteiger partial charge in [0.25, 0.3) is 0 Å². The molecule has 0 aliphatic rings. The predicted octanol–water partition coefficient (Wildman–Crippen LogP) is 4.49. The number of ether oxygens (including phenoxy) is 1. The van der Waals surface area contributed by atoms with E-state index >= 15 is 0 Å². The molecule has 2 aromatic carbocycles. The fourth-order valence-corrected chi connectivity index (χ4v) is 2.42. The van der Waals surface area contributed by atoms with E-state index in [0.717, 1.165) is 19.6 Å². The molecule has 0 aromatic heterocycles. The van der Waals surface area contributed by atoms with Gasteiger partial charge in [0.1, 0.15) is 6.10 Å². The molecule has 1 N–H and O–H groups in total. The SMILES string of the molecule is Cc1ccc([C@@H](OCCCNC(C)C)c2ccccc2)cc1. The van der Waals surface area contributed by atoms with Crippen molar-refractivity contribution in [2.75, 3.05) is 13.2 Å².